The van der Waals surface area contributed by atoms with Crippen LogP contribution in [0.4, 0.5) is 0 Å². The predicted octanol–water partition coefficient (Wildman–Crippen LogP) is 4.01. The molecule has 0 aromatic heterocycles. The third kappa shape index (κ3) is 1.30. The van der Waals surface area contributed by atoms with E-state index in [0.29, 0.717) is 0 Å². The van der Waals surface area contributed by atoms with Gasteiger partial charge in [-0.05, 0) is 61.7 Å². The summed E-state index contributed by atoms with van der Waals surface area (Å²) in [6.45, 7) is 8.26. The first-order valence-electron chi connectivity index (χ1n) is 6.38. The molecule has 1 N–H and O–H groups in total. The number of hydrogen-bond acceptors (Lipinski definition) is 2. The summed E-state index contributed by atoms with van der Waals surface area (Å²) >= 11 is 0. The van der Waals surface area contributed by atoms with E-state index in [-0.39, 0.29) is 11.1 Å². The molecule has 2 aromatic carbocycles. The van der Waals surface area contributed by atoms with Crippen LogP contribution in [0.3, 0.4) is 0 Å². The summed E-state index contributed by atoms with van der Waals surface area (Å²) in [5.41, 5.74) is 1.74. The molecule has 0 saturated carbocycles. The molecule has 0 radical (unpaired) electrons. The van der Waals surface area contributed by atoms with Gasteiger partial charge in [-0.3, -0.25) is 0 Å². The number of rotatable bonds is 0. The fourth-order valence-electron chi connectivity index (χ4n) is 3.18. The van der Waals surface area contributed by atoms with Crippen LogP contribution in [0, 0.1) is 0 Å². The zero-order chi connectivity index (χ0) is 13.1. The molecule has 2 nitrogen and oxygen atoms in total. The molecular weight excluding hydrogens is 222 g/mol. The van der Waals surface area contributed by atoms with Crippen LogP contribution >= 0.6 is 0 Å². The van der Waals surface area contributed by atoms with Gasteiger partial charge in [0.1, 0.15) is 0 Å². The highest BCUT2D eigenvalue weighted by atomic mass is 16.5. The summed E-state index contributed by atoms with van der Waals surface area (Å²) in [6.07, 6.45) is 0. The van der Waals surface area contributed by atoms with Crippen molar-refractivity contribution in [3.05, 3.63) is 47.5 Å². The van der Waals surface area contributed by atoms with Crippen molar-refractivity contribution in [2.24, 2.45) is 0 Å². The lowest BCUT2D eigenvalue weighted by molar-refractivity contribution is -0.216. The van der Waals surface area contributed by atoms with Gasteiger partial charge in [0, 0.05) is 0 Å². The monoisotopic (exact) mass is 241 g/mol. The highest BCUT2D eigenvalue weighted by molar-refractivity contribution is 5.85. The Morgan fingerprint density at radius 1 is 0.833 bits per heavy atom. The minimum Gasteiger partial charge on any atom is -0.312 e. The average molecular weight is 241 g/mol. The van der Waals surface area contributed by atoms with Gasteiger partial charge in [0.25, 0.3) is 0 Å². The molecule has 1 aliphatic heterocycles. The third-order valence-corrected chi connectivity index (χ3v) is 4.26. The Bertz CT molecular complexity index is 574. The van der Waals surface area contributed by atoms with Crippen LogP contribution in [0.1, 0.15) is 38.8 Å². The van der Waals surface area contributed by atoms with Crippen molar-refractivity contribution < 1.29 is 5.21 Å². The van der Waals surface area contributed by atoms with Gasteiger partial charge in [0.05, 0.1) is 11.1 Å². The third-order valence-electron chi connectivity index (χ3n) is 4.26. The summed E-state index contributed by atoms with van der Waals surface area (Å²) < 4.78 is 0. The maximum atomic E-state index is 10.4. The second-order valence-corrected chi connectivity index (χ2v) is 6.17. The summed E-state index contributed by atoms with van der Waals surface area (Å²) in [7, 11) is 0. The molecule has 0 fully saturated rings. The second-order valence-electron chi connectivity index (χ2n) is 6.17. The van der Waals surface area contributed by atoms with Gasteiger partial charge in [0.2, 0.25) is 0 Å². The summed E-state index contributed by atoms with van der Waals surface area (Å²) in [6, 6.07) is 12.8. The zero-order valence-corrected chi connectivity index (χ0v) is 11.4. The van der Waals surface area contributed by atoms with Crippen molar-refractivity contribution in [2.75, 3.05) is 0 Å². The Morgan fingerprint density at radius 2 is 1.22 bits per heavy atom. The summed E-state index contributed by atoms with van der Waals surface area (Å²) in [4.78, 5) is 0. The van der Waals surface area contributed by atoms with Gasteiger partial charge >= 0.3 is 0 Å². The maximum Gasteiger partial charge on any atom is 0.0666 e. The van der Waals surface area contributed by atoms with Crippen LogP contribution in [-0.4, -0.2) is 10.3 Å². The number of fused-ring (bicyclic) bond motifs is 2. The number of hydroxylamine groups is 2. The van der Waals surface area contributed by atoms with E-state index in [1.165, 1.54) is 27.0 Å². The van der Waals surface area contributed by atoms with Gasteiger partial charge < -0.3 is 5.21 Å². The number of hydrogen-bond donors (Lipinski definition) is 1. The van der Waals surface area contributed by atoms with E-state index in [1.54, 1.807) is 0 Å². The van der Waals surface area contributed by atoms with E-state index in [2.05, 4.69) is 64.1 Å². The molecule has 3 rings (SSSR count). The molecule has 1 heterocycles. The van der Waals surface area contributed by atoms with Crippen LogP contribution in [0.2, 0.25) is 0 Å². The zero-order valence-electron chi connectivity index (χ0n) is 11.4. The maximum absolute atomic E-state index is 10.4. The standard InChI is InChI=1S/C16H19NO/c1-15(2)13-9-11-7-5-6-8-12(11)10-14(13)16(3,4)17(15)18/h5-10,18H,1-4H3. The van der Waals surface area contributed by atoms with Crippen LogP contribution in [0.5, 0.6) is 0 Å². The molecule has 0 spiro atoms. The van der Waals surface area contributed by atoms with Crippen LogP contribution in [-0.2, 0) is 11.1 Å². The predicted molar refractivity (Wildman–Crippen MR) is 73.6 cm³/mol. The fourth-order valence-corrected chi connectivity index (χ4v) is 3.18. The van der Waals surface area contributed by atoms with Crippen molar-refractivity contribution in [1.29, 1.82) is 0 Å². The topological polar surface area (TPSA) is 23.5 Å². The first-order chi connectivity index (χ1) is 8.35. The molecule has 2 aromatic rings. The van der Waals surface area contributed by atoms with Gasteiger partial charge in [-0.25, -0.2) is 0 Å². The number of benzene rings is 2. The first-order valence-corrected chi connectivity index (χ1v) is 6.38. The molecule has 0 saturated heterocycles. The van der Waals surface area contributed by atoms with Crippen molar-refractivity contribution >= 4 is 10.8 Å². The van der Waals surface area contributed by atoms with Gasteiger partial charge in [0.15, 0.2) is 0 Å². The lowest BCUT2D eigenvalue weighted by Gasteiger charge is -2.34. The molecule has 94 valence electrons. The molecule has 0 atom stereocenters. The summed E-state index contributed by atoms with van der Waals surface area (Å²) in [5.74, 6) is 0. The van der Waals surface area contributed by atoms with Crippen molar-refractivity contribution in [1.82, 2.24) is 5.06 Å². The summed E-state index contributed by atoms with van der Waals surface area (Å²) in [5, 5.41) is 14.4. The SMILES string of the molecule is CC1(C)c2cc3ccccc3cc2C(C)(C)N1O. The Morgan fingerprint density at radius 3 is 1.61 bits per heavy atom. The normalized spacial score (nSPS) is 21.2. The van der Waals surface area contributed by atoms with E-state index in [9.17, 15) is 5.21 Å². The Labute approximate surface area is 108 Å². The van der Waals surface area contributed by atoms with Gasteiger partial charge in [-0.1, -0.05) is 24.3 Å². The first kappa shape index (κ1) is 11.7. The fraction of sp³-hybridized carbons (Fsp3) is 0.375. The molecule has 18 heavy (non-hydrogen) atoms. The van der Waals surface area contributed by atoms with Gasteiger partial charge in [-0.2, -0.15) is 5.06 Å². The van der Waals surface area contributed by atoms with Crippen LogP contribution in [0.15, 0.2) is 36.4 Å². The number of nitrogens with zero attached hydrogens (tertiary/aromatic N) is 1. The van der Waals surface area contributed by atoms with Gasteiger partial charge in [-0.15, -0.1) is 0 Å². The molecule has 0 aliphatic carbocycles. The van der Waals surface area contributed by atoms with E-state index >= 15 is 0 Å². The molecule has 1 aliphatic rings. The molecular formula is C16H19NO. The van der Waals surface area contributed by atoms with E-state index in [0.717, 1.165) is 0 Å². The lowest BCUT2D eigenvalue weighted by Crippen LogP contribution is -2.42. The molecule has 0 amide bonds. The second kappa shape index (κ2) is 3.34. The van der Waals surface area contributed by atoms with Crippen LogP contribution < -0.4 is 0 Å². The minimum atomic E-state index is -0.344. The Kier molecular flexibility index (Phi) is 2.17. The quantitative estimate of drug-likeness (QED) is 0.753. The lowest BCUT2D eigenvalue weighted by atomic mass is 9.88. The Hall–Kier alpha value is -1.38. The average Bonchev–Trinajstić information content (AvgIpc) is 2.47. The smallest absolute Gasteiger partial charge is 0.0666 e. The highest BCUT2D eigenvalue weighted by Crippen LogP contribution is 2.49. The molecule has 0 unspecified atom stereocenters. The molecule has 0 bridgehead atoms. The van der Waals surface area contributed by atoms with Crippen LogP contribution in [0.25, 0.3) is 10.8 Å². The molecule has 2 heteroatoms. The Balaban J connectivity index is 2.38. The van der Waals surface area contributed by atoms with Crippen molar-refractivity contribution in [2.45, 2.75) is 38.8 Å². The van der Waals surface area contributed by atoms with Crippen molar-refractivity contribution in [3.8, 4) is 0 Å². The van der Waals surface area contributed by atoms with E-state index in [4.69, 9.17) is 0 Å². The van der Waals surface area contributed by atoms with E-state index in [1.807, 2.05) is 0 Å². The van der Waals surface area contributed by atoms with E-state index < -0.39 is 0 Å². The largest absolute Gasteiger partial charge is 0.312 e. The van der Waals surface area contributed by atoms with Crippen molar-refractivity contribution in [3.63, 3.8) is 0 Å². The highest BCUT2D eigenvalue weighted by Gasteiger charge is 2.48. The minimum absolute atomic E-state index is 0.344.